The zero-order valence-electron chi connectivity index (χ0n) is 6.64. The number of amides is 1. The number of nitrogens with one attached hydrogen (secondary N) is 1. The molecule has 0 spiro atoms. The summed E-state index contributed by atoms with van der Waals surface area (Å²) in [6.45, 7) is 0. The Hall–Kier alpha value is -1.88. The predicted octanol–water partition coefficient (Wildman–Crippen LogP) is 0.453. The van der Waals surface area contributed by atoms with Crippen molar-refractivity contribution in [3.8, 4) is 0 Å². The topological polar surface area (TPSA) is 66.6 Å². The smallest absolute Gasteiger partial charge is 0.294 e. The van der Waals surface area contributed by atoms with E-state index in [0.717, 1.165) is 0 Å². The van der Waals surface area contributed by atoms with Gasteiger partial charge in [0.1, 0.15) is 11.3 Å². The second-order valence-electron chi connectivity index (χ2n) is 2.53. The maximum absolute atomic E-state index is 10.9. The Kier molecular flexibility index (Phi) is 1.71. The van der Waals surface area contributed by atoms with Crippen molar-refractivity contribution in [2.75, 3.05) is 0 Å². The van der Waals surface area contributed by atoms with Crippen molar-refractivity contribution in [2.24, 2.45) is 0 Å². The lowest BCUT2D eigenvalue weighted by Gasteiger charge is -1.88. The number of aromatic nitrogens is 2. The highest BCUT2D eigenvalue weighted by molar-refractivity contribution is 5.91. The van der Waals surface area contributed by atoms with Crippen LogP contribution >= 0.6 is 0 Å². The van der Waals surface area contributed by atoms with Gasteiger partial charge in [-0.05, 0) is 12.1 Å². The molecule has 5 nitrogen and oxygen atoms in total. The van der Waals surface area contributed by atoms with Gasteiger partial charge in [-0.25, -0.2) is 10.5 Å². The van der Waals surface area contributed by atoms with Crippen molar-refractivity contribution in [1.82, 2.24) is 14.9 Å². The first-order valence-corrected chi connectivity index (χ1v) is 3.69. The Balaban J connectivity index is 2.56. The lowest BCUT2D eigenvalue weighted by Crippen LogP contribution is -2.18. The van der Waals surface area contributed by atoms with Crippen LogP contribution in [0.4, 0.5) is 0 Å². The summed E-state index contributed by atoms with van der Waals surface area (Å²) >= 11 is 0. The third kappa shape index (κ3) is 1.25. The Morgan fingerprint density at radius 2 is 2.38 bits per heavy atom. The number of hydrogen-bond donors (Lipinski definition) is 2. The normalized spacial score (nSPS) is 10.2. The molecule has 1 amide bonds. The van der Waals surface area contributed by atoms with Crippen LogP contribution in [-0.2, 0) is 0 Å². The molecule has 0 radical (unpaired) electrons. The molecule has 0 saturated carbocycles. The molecular formula is C8H7N3O2. The molecule has 2 aromatic rings. The van der Waals surface area contributed by atoms with Crippen LogP contribution in [0, 0.1) is 0 Å². The number of carbonyl (C=O) groups is 1. The van der Waals surface area contributed by atoms with Gasteiger partial charge >= 0.3 is 0 Å². The van der Waals surface area contributed by atoms with Gasteiger partial charge in [-0.3, -0.25) is 10.0 Å². The van der Waals surface area contributed by atoms with Gasteiger partial charge in [0.05, 0.1) is 0 Å². The molecule has 0 aliphatic heterocycles. The Morgan fingerprint density at radius 3 is 3.08 bits per heavy atom. The fourth-order valence-corrected chi connectivity index (χ4v) is 1.10. The van der Waals surface area contributed by atoms with Crippen molar-refractivity contribution in [3.63, 3.8) is 0 Å². The van der Waals surface area contributed by atoms with E-state index in [1.807, 2.05) is 12.1 Å². The minimum absolute atomic E-state index is 0.189. The van der Waals surface area contributed by atoms with Gasteiger partial charge in [-0.15, -0.1) is 0 Å². The number of nitrogens with zero attached hydrogens (tertiary/aromatic N) is 2. The highest BCUT2D eigenvalue weighted by Gasteiger charge is 2.08. The van der Waals surface area contributed by atoms with Crippen molar-refractivity contribution >= 4 is 11.6 Å². The number of hydroxylamine groups is 1. The van der Waals surface area contributed by atoms with Crippen LogP contribution in [0.1, 0.15) is 10.5 Å². The molecule has 13 heavy (non-hydrogen) atoms. The molecular weight excluding hydrogens is 170 g/mol. The van der Waals surface area contributed by atoms with Crippen LogP contribution in [0.25, 0.3) is 5.65 Å². The maximum atomic E-state index is 10.9. The highest BCUT2D eigenvalue weighted by Crippen LogP contribution is 2.03. The van der Waals surface area contributed by atoms with E-state index >= 15 is 0 Å². The zero-order valence-corrected chi connectivity index (χ0v) is 6.64. The zero-order chi connectivity index (χ0) is 9.26. The first-order valence-electron chi connectivity index (χ1n) is 3.69. The summed E-state index contributed by atoms with van der Waals surface area (Å²) < 4.78 is 1.70. The van der Waals surface area contributed by atoms with Crippen molar-refractivity contribution in [2.45, 2.75) is 0 Å². The molecule has 5 heteroatoms. The predicted molar refractivity (Wildman–Crippen MR) is 44.4 cm³/mol. The summed E-state index contributed by atoms with van der Waals surface area (Å²) in [6, 6.07) is 5.42. The van der Waals surface area contributed by atoms with E-state index in [-0.39, 0.29) is 5.69 Å². The van der Waals surface area contributed by atoms with Gasteiger partial charge in [0.2, 0.25) is 0 Å². The Labute approximate surface area is 73.6 Å². The quantitative estimate of drug-likeness (QED) is 0.491. The Morgan fingerprint density at radius 1 is 1.54 bits per heavy atom. The number of hydrogen-bond acceptors (Lipinski definition) is 3. The number of imidazole rings is 1. The summed E-state index contributed by atoms with van der Waals surface area (Å²) in [7, 11) is 0. The fraction of sp³-hybridized carbons (Fsp3) is 0. The van der Waals surface area contributed by atoms with Crippen LogP contribution in [0.15, 0.2) is 30.6 Å². The Bertz CT molecular complexity index is 416. The first-order chi connectivity index (χ1) is 6.31. The van der Waals surface area contributed by atoms with Crippen LogP contribution in [-0.4, -0.2) is 20.5 Å². The van der Waals surface area contributed by atoms with E-state index in [4.69, 9.17) is 5.21 Å². The van der Waals surface area contributed by atoms with Crippen LogP contribution in [0.2, 0.25) is 0 Å². The van der Waals surface area contributed by atoms with Gasteiger partial charge < -0.3 is 4.40 Å². The molecule has 0 aliphatic rings. The number of carbonyl (C=O) groups excluding carboxylic acids is 1. The molecule has 2 rings (SSSR count). The SMILES string of the molecule is O=C(NO)c1cn2ccccc2n1. The summed E-state index contributed by atoms with van der Waals surface area (Å²) in [5.74, 6) is -0.608. The average Bonchev–Trinajstić information content (AvgIpc) is 2.59. The fourth-order valence-electron chi connectivity index (χ4n) is 1.10. The van der Waals surface area contributed by atoms with Crippen molar-refractivity contribution in [1.29, 1.82) is 0 Å². The van der Waals surface area contributed by atoms with Crippen LogP contribution in [0.3, 0.4) is 0 Å². The highest BCUT2D eigenvalue weighted by atomic mass is 16.5. The molecule has 2 aromatic heterocycles. The van der Waals surface area contributed by atoms with Gasteiger partial charge in [0.25, 0.3) is 5.91 Å². The molecule has 0 aliphatic carbocycles. The van der Waals surface area contributed by atoms with E-state index in [9.17, 15) is 4.79 Å². The third-order valence-electron chi connectivity index (χ3n) is 1.70. The minimum Gasteiger partial charge on any atom is -0.306 e. The third-order valence-corrected chi connectivity index (χ3v) is 1.70. The van der Waals surface area contributed by atoms with Gasteiger partial charge in [-0.1, -0.05) is 6.07 Å². The summed E-state index contributed by atoms with van der Waals surface area (Å²) in [5.41, 5.74) is 2.38. The molecule has 0 fully saturated rings. The average molecular weight is 177 g/mol. The molecule has 0 unspecified atom stereocenters. The van der Waals surface area contributed by atoms with E-state index < -0.39 is 5.91 Å². The number of pyridine rings is 1. The lowest BCUT2D eigenvalue weighted by molar-refractivity contribution is 0.0701. The second-order valence-corrected chi connectivity index (χ2v) is 2.53. The summed E-state index contributed by atoms with van der Waals surface area (Å²) in [4.78, 5) is 14.9. The van der Waals surface area contributed by atoms with E-state index in [0.29, 0.717) is 5.65 Å². The van der Waals surface area contributed by atoms with Crippen molar-refractivity contribution in [3.05, 3.63) is 36.3 Å². The number of fused-ring (bicyclic) bond motifs is 1. The second kappa shape index (κ2) is 2.87. The monoisotopic (exact) mass is 177 g/mol. The largest absolute Gasteiger partial charge is 0.306 e. The molecule has 66 valence electrons. The summed E-state index contributed by atoms with van der Waals surface area (Å²) in [6.07, 6.45) is 3.32. The van der Waals surface area contributed by atoms with Gasteiger partial charge in [-0.2, -0.15) is 0 Å². The van der Waals surface area contributed by atoms with Gasteiger partial charge in [0.15, 0.2) is 0 Å². The maximum Gasteiger partial charge on any atom is 0.294 e. The number of rotatable bonds is 1. The molecule has 0 bridgehead atoms. The molecule has 0 saturated heterocycles. The van der Waals surface area contributed by atoms with E-state index in [2.05, 4.69) is 4.98 Å². The summed E-state index contributed by atoms with van der Waals surface area (Å²) in [5, 5.41) is 8.36. The molecule has 2 N–H and O–H groups in total. The van der Waals surface area contributed by atoms with E-state index in [1.165, 1.54) is 5.48 Å². The van der Waals surface area contributed by atoms with Crippen LogP contribution in [0.5, 0.6) is 0 Å². The van der Waals surface area contributed by atoms with E-state index in [1.54, 1.807) is 22.9 Å². The lowest BCUT2D eigenvalue weighted by atomic mass is 10.5. The molecule has 2 heterocycles. The minimum atomic E-state index is -0.608. The molecule has 0 aromatic carbocycles. The van der Waals surface area contributed by atoms with Crippen LogP contribution < -0.4 is 5.48 Å². The standard InChI is InChI=1S/C8H7N3O2/c12-8(10-13)6-5-11-4-2-1-3-7(11)9-6/h1-5,13H,(H,10,12). The van der Waals surface area contributed by atoms with Gasteiger partial charge in [0, 0.05) is 12.4 Å². The molecule has 0 atom stereocenters. The van der Waals surface area contributed by atoms with Crippen molar-refractivity contribution < 1.29 is 10.0 Å². The first kappa shape index (κ1) is 7.75.